The van der Waals surface area contributed by atoms with Gasteiger partial charge in [-0.2, -0.15) is 4.31 Å². The van der Waals surface area contributed by atoms with E-state index in [-0.39, 0.29) is 22.5 Å². The summed E-state index contributed by atoms with van der Waals surface area (Å²) in [5.41, 5.74) is 1.30. The van der Waals surface area contributed by atoms with E-state index in [1.165, 1.54) is 40.5 Å². The van der Waals surface area contributed by atoms with Crippen LogP contribution in [0.25, 0.3) is 0 Å². The number of sulfonamides is 1. The van der Waals surface area contributed by atoms with Crippen LogP contribution >= 0.6 is 11.8 Å². The van der Waals surface area contributed by atoms with E-state index in [1.807, 2.05) is 12.1 Å². The minimum absolute atomic E-state index is 0.0155. The van der Waals surface area contributed by atoms with Gasteiger partial charge in [-0.05, 0) is 55.8 Å². The van der Waals surface area contributed by atoms with Gasteiger partial charge in [0.1, 0.15) is 0 Å². The van der Waals surface area contributed by atoms with E-state index in [4.69, 9.17) is 4.42 Å². The number of benzene rings is 2. The van der Waals surface area contributed by atoms with Crippen LogP contribution in [0.15, 0.2) is 62.7 Å². The second kappa shape index (κ2) is 10.5. The summed E-state index contributed by atoms with van der Waals surface area (Å²) in [6, 6.07) is 13.7. The first-order valence-electron chi connectivity index (χ1n) is 10.5. The summed E-state index contributed by atoms with van der Waals surface area (Å²) in [6.45, 7) is 7.88. The van der Waals surface area contributed by atoms with Gasteiger partial charge in [-0.1, -0.05) is 31.1 Å². The minimum atomic E-state index is -3.62. The van der Waals surface area contributed by atoms with Crippen molar-refractivity contribution in [1.29, 1.82) is 0 Å². The number of rotatable bonds is 9. The average molecular weight is 489 g/mol. The molecular formula is C23H28N4O4S2. The molecule has 0 unspecified atom stereocenters. The summed E-state index contributed by atoms with van der Waals surface area (Å²) in [7, 11) is -2.09. The summed E-state index contributed by atoms with van der Waals surface area (Å²) in [4.78, 5) is 13.8. The third-order valence-electron chi connectivity index (χ3n) is 4.86. The maximum Gasteiger partial charge on any atom is 0.322 e. The van der Waals surface area contributed by atoms with Crippen molar-refractivity contribution >= 4 is 33.7 Å². The third kappa shape index (κ3) is 6.43. The van der Waals surface area contributed by atoms with Crippen LogP contribution in [0.1, 0.15) is 49.5 Å². The monoisotopic (exact) mass is 488 g/mol. The highest BCUT2D eigenvalue weighted by Crippen LogP contribution is 2.24. The Morgan fingerprint density at radius 1 is 1.03 bits per heavy atom. The molecule has 3 rings (SSSR count). The van der Waals surface area contributed by atoms with E-state index in [1.54, 1.807) is 25.6 Å². The molecule has 1 aromatic heterocycles. The lowest BCUT2D eigenvalue weighted by molar-refractivity contribution is 0.102. The zero-order chi connectivity index (χ0) is 24.2. The fourth-order valence-corrected chi connectivity index (χ4v) is 5.10. The summed E-state index contributed by atoms with van der Waals surface area (Å²) >= 11 is 1.79. The van der Waals surface area contributed by atoms with Gasteiger partial charge in [0.2, 0.25) is 15.9 Å². The van der Waals surface area contributed by atoms with Crippen molar-refractivity contribution in [3.8, 4) is 0 Å². The lowest BCUT2D eigenvalue weighted by Crippen LogP contribution is -2.33. The molecule has 10 heteroatoms. The normalized spacial score (nSPS) is 12.0. The van der Waals surface area contributed by atoms with E-state index in [2.05, 4.69) is 41.5 Å². The van der Waals surface area contributed by atoms with Crippen LogP contribution in [0.2, 0.25) is 0 Å². The summed E-state index contributed by atoms with van der Waals surface area (Å²) < 4.78 is 31.9. The highest BCUT2D eigenvalue weighted by Gasteiger charge is 2.23. The first-order valence-corrected chi connectivity index (χ1v) is 12.9. The average Bonchev–Trinajstić information content (AvgIpc) is 3.20. The largest absolute Gasteiger partial charge is 0.407 e. The molecule has 33 heavy (non-hydrogen) atoms. The smallest absolute Gasteiger partial charge is 0.322 e. The number of carbonyl (C=O) groups is 1. The molecule has 0 aliphatic heterocycles. The number of thioether (sulfide) groups is 1. The Morgan fingerprint density at radius 3 is 2.24 bits per heavy atom. The van der Waals surface area contributed by atoms with Crippen LogP contribution in [0, 0.1) is 0 Å². The molecule has 176 valence electrons. The molecule has 0 spiro atoms. The molecule has 2 aromatic carbocycles. The number of aromatic nitrogens is 2. The summed E-state index contributed by atoms with van der Waals surface area (Å²) in [6.07, 6.45) is 0.450. The quantitative estimate of drug-likeness (QED) is 0.444. The Kier molecular flexibility index (Phi) is 7.93. The number of anilines is 1. The molecule has 0 atom stereocenters. The first-order chi connectivity index (χ1) is 15.6. The molecule has 1 heterocycles. The maximum atomic E-state index is 12.6. The first kappa shape index (κ1) is 24.9. The van der Waals surface area contributed by atoms with E-state index >= 15 is 0 Å². The minimum Gasteiger partial charge on any atom is -0.407 e. The molecule has 0 aliphatic carbocycles. The Balaban J connectivity index is 1.62. The Bertz CT molecular complexity index is 1190. The third-order valence-corrected chi connectivity index (χ3v) is 7.92. The van der Waals surface area contributed by atoms with Gasteiger partial charge in [-0.15, -0.1) is 16.9 Å². The molecule has 0 aliphatic rings. The SMILES string of the molecule is CC(C)Sc1ccc(Cc2nnc(NC(=O)c3ccc(S(=O)(=O)N(C)C(C)C)cc3)o2)cc1. The summed E-state index contributed by atoms with van der Waals surface area (Å²) in [5, 5.41) is 10.9. The van der Waals surface area contributed by atoms with Crippen molar-refractivity contribution in [3.63, 3.8) is 0 Å². The van der Waals surface area contributed by atoms with Crippen LogP contribution in [0.3, 0.4) is 0 Å². The Labute approximate surface area is 198 Å². The van der Waals surface area contributed by atoms with Crippen molar-refractivity contribution in [2.45, 2.75) is 55.2 Å². The molecule has 0 saturated carbocycles. The van der Waals surface area contributed by atoms with Crippen LogP contribution in [-0.2, 0) is 16.4 Å². The van der Waals surface area contributed by atoms with Gasteiger partial charge in [0.25, 0.3) is 5.91 Å². The van der Waals surface area contributed by atoms with Crippen LogP contribution < -0.4 is 5.32 Å². The number of nitrogens with zero attached hydrogens (tertiary/aromatic N) is 3. The number of hydrogen-bond acceptors (Lipinski definition) is 7. The molecule has 0 bridgehead atoms. The van der Waals surface area contributed by atoms with Crippen molar-refractivity contribution in [1.82, 2.24) is 14.5 Å². The fraction of sp³-hybridized carbons (Fsp3) is 0.348. The van der Waals surface area contributed by atoms with Crippen LogP contribution in [0.4, 0.5) is 6.01 Å². The fourth-order valence-electron chi connectivity index (χ4n) is 2.90. The van der Waals surface area contributed by atoms with Crippen LogP contribution in [0.5, 0.6) is 0 Å². The van der Waals surface area contributed by atoms with Gasteiger partial charge >= 0.3 is 6.01 Å². The van der Waals surface area contributed by atoms with E-state index in [9.17, 15) is 13.2 Å². The van der Waals surface area contributed by atoms with E-state index < -0.39 is 15.9 Å². The van der Waals surface area contributed by atoms with Gasteiger partial charge in [-0.25, -0.2) is 8.42 Å². The van der Waals surface area contributed by atoms with Gasteiger partial charge in [-0.3, -0.25) is 10.1 Å². The van der Waals surface area contributed by atoms with E-state index in [0.29, 0.717) is 17.6 Å². The molecule has 0 radical (unpaired) electrons. The van der Waals surface area contributed by atoms with Gasteiger partial charge in [0.05, 0.1) is 11.3 Å². The predicted molar refractivity (Wildman–Crippen MR) is 129 cm³/mol. The Hall–Kier alpha value is -2.69. The second-order valence-corrected chi connectivity index (χ2v) is 11.7. The standard InChI is InChI=1S/C23H28N4O4S2/c1-15(2)27(5)33(29,30)20-12-8-18(9-13-20)22(28)24-23-26-25-21(31-23)14-17-6-10-19(11-7-17)32-16(3)4/h6-13,15-16H,14H2,1-5H3,(H,24,26,28). The highest BCUT2D eigenvalue weighted by atomic mass is 32.2. The molecule has 0 saturated heterocycles. The van der Waals surface area contributed by atoms with Gasteiger partial charge in [0, 0.05) is 28.8 Å². The lowest BCUT2D eigenvalue weighted by Gasteiger charge is -2.20. The molecule has 3 aromatic rings. The summed E-state index contributed by atoms with van der Waals surface area (Å²) in [5.74, 6) is -0.0887. The van der Waals surface area contributed by atoms with Crippen molar-refractivity contribution in [3.05, 3.63) is 65.5 Å². The molecule has 1 amide bonds. The molecule has 8 nitrogen and oxygen atoms in total. The Morgan fingerprint density at radius 2 is 1.67 bits per heavy atom. The van der Waals surface area contributed by atoms with Crippen molar-refractivity contribution in [2.24, 2.45) is 0 Å². The maximum absolute atomic E-state index is 12.6. The van der Waals surface area contributed by atoms with Crippen molar-refractivity contribution in [2.75, 3.05) is 12.4 Å². The van der Waals surface area contributed by atoms with Gasteiger partial charge < -0.3 is 4.42 Å². The molecule has 1 N–H and O–H groups in total. The molecular weight excluding hydrogens is 460 g/mol. The van der Waals surface area contributed by atoms with Crippen LogP contribution in [-0.4, -0.2) is 47.2 Å². The zero-order valence-electron chi connectivity index (χ0n) is 19.3. The van der Waals surface area contributed by atoms with Crippen molar-refractivity contribution < 1.29 is 17.6 Å². The number of nitrogens with one attached hydrogen (secondary N) is 1. The number of amides is 1. The zero-order valence-corrected chi connectivity index (χ0v) is 20.9. The highest BCUT2D eigenvalue weighted by molar-refractivity contribution is 7.99. The number of hydrogen-bond donors (Lipinski definition) is 1. The van der Waals surface area contributed by atoms with E-state index in [0.717, 1.165) is 5.56 Å². The predicted octanol–water partition coefficient (Wildman–Crippen LogP) is 4.44. The van der Waals surface area contributed by atoms with Gasteiger partial charge in [0.15, 0.2) is 0 Å². The number of carbonyl (C=O) groups excluding carboxylic acids is 1. The second-order valence-electron chi connectivity index (χ2n) is 8.08. The lowest BCUT2D eigenvalue weighted by atomic mass is 10.1. The topological polar surface area (TPSA) is 105 Å². The molecule has 0 fully saturated rings.